The molecule has 3 heteroatoms. The lowest BCUT2D eigenvalue weighted by molar-refractivity contribution is 0.00933. The summed E-state index contributed by atoms with van der Waals surface area (Å²) >= 11 is 0. The first-order valence-corrected chi connectivity index (χ1v) is 6.56. The summed E-state index contributed by atoms with van der Waals surface area (Å²) < 4.78 is 0. The van der Waals surface area contributed by atoms with Crippen LogP contribution in [0.25, 0.3) is 0 Å². The van der Waals surface area contributed by atoms with E-state index in [0.717, 1.165) is 6.04 Å². The van der Waals surface area contributed by atoms with E-state index in [-0.39, 0.29) is 0 Å². The lowest BCUT2D eigenvalue weighted by Crippen LogP contribution is -2.60. The molecule has 0 aromatic heterocycles. The van der Waals surface area contributed by atoms with Crippen LogP contribution in [0.3, 0.4) is 0 Å². The second kappa shape index (κ2) is 4.63. The van der Waals surface area contributed by atoms with Crippen molar-refractivity contribution in [2.75, 3.05) is 53.9 Å². The molecule has 0 aliphatic carbocycles. The third-order valence-corrected chi connectivity index (χ3v) is 4.47. The third kappa shape index (κ3) is 2.76. The maximum absolute atomic E-state index is 2.63. The van der Waals surface area contributed by atoms with Crippen LogP contribution in [0.2, 0.25) is 0 Å². The van der Waals surface area contributed by atoms with Gasteiger partial charge in [0.2, 0.25) is 0 Å². The van der Waals surface area contributed by atoms with Gasteiger partial charge in [-0.3, -0.25) is 4.90 Å². The lowest BCUT2D eigenvalue weighted by Gasteiger charge is -2.48. The van der Waals surface area contributed by atoms with Gasteiger partial charge in [0.25, 0.3) is 0 Å². The van der Waals surface area contributed by atoms with E-state index in [4.69, 9.17) is 0 Å². The number of likely N-dealkylation sites (N-methyl/N-ethyl adjacent to an activating group) is 1. The normalized spacial score (nSPS) is 28.3. The fourth-order valence-corrected chi connectivity index (χ4v) is 2.85. The molecule has 2 heterocycles. The summed E-state index contributed by atoms with van der Waals surface area (Å²) in [5.74, 6) is 0. The van der Waals surface area contributed by atoms with Crippen LogP contribution in [0.15, 0.2) is 0 Å². The standard InChI is InChI=1S/C13H27N3/c1-13(5-7-15(4)8-6-13)11-16-9-12(10-16)14(2)3/h12H,5-11H2,1-4H3. The maximum atomic E-state index is 2.63. The fourth-order valence-electron chi connectivity index (χ4n) is 2.85. The molecule has 2 aliphatic heterocycles. The number of piperidine rings is 1. The lowest BCUT2D eigenvalue weighted by atomic mass is 9.79. The first-order chi connectivity index (χ1) is 7.48. The van der Waals surface area contributed by atoms with E-state index in [1.807, 2.05) is 0 Å². The molecule has 2 aliphatic rings. The second-order valence-corrected chi connectivity index (χ2v) is 6.43. The van der Waals surface area contributed by atoms with E-state index in [2.05, 4.69) is 42.8 Å². The quantitative estimate of drug-likeness (QED) is 0.708. The molecule has 0 spiro atoms. The van der Waals surface area contributed by atoms with E-state index in [9.17, 15) is 0 Å². The van der Waals surface area contributed by atoms with Crippen molar-refractivity contribution in [1.29, 1.82) is 0 Å². The molecule has 94 valence electrons. The van der Waals surface area contributed by atoms with Gasteiger partial charge in [0.05, 0.1) is 0 Å². The van der Waals surface area contributed by atoms with E-state index in [1.165, 1.54) is 45.6 Å². The fraction of sp³-hybridized carbons (Fsp3) is 1.00. The van der Waals surface area contributed by atoms with Crippen molar-refractivity contribution in [2.45, 2.75) is 25.8 Å². The summed E-state index contributed by atoms with van der Waals surface area (Å²) in [6.45, 7) is 8.90. The number of likely N-dealkylation sites (tertiary alicyclic amines) is 2. The van der Waals surface area contributed by atoms with Crippen LogP contribution in [0.4, 0.5) is 0 Å². The average Bonchev–Trinajstić information content (AvgIpc) is 2.16. The monoisotopic (exact) mass is 225 g/mol. The first-order valence-electron chi connectivity index (χ1n) is 6.56. The smallest absolute Gasteiger partial charge is 0.0344 e. The Kier molecular flexibility index (Phi) is 3.57. The Morgan fingerprint density at radius 2 is 1.75 bits per heavy atom. The maximum Gasteiger partial charge on any atom is 0.0344 e. The van der Waals surface area contributed by atoms with Crippen LogP contribution in [0.1, 0.15) is 19.8 Å². The van der Waals surface area contributed by atoms with Crippen LogP contribution in [-0.2, 0) is 0 Å². The minimum atomic E-state index is 0.573. The summed E-state index contributed by atoms with van der Waals surface area (Å²) in [5, 5.41) is 0. The van der Waals surface area contributed by atoms with Gasteiger partial charge in [-0.25, -0.2) is 0 Å². The molecule has 0 bridgehead atoms. The van der Waals surface area contributed by atoms with Gasteiger partial charge in [-0.05, 0) is 52.5 Å². The van der Waals surface area contributed by atoms with Crippen LogP contribution >= 0.6 is 0 Å². The molecule has 2 fully saturated rings. The zero-order valence-corrected chi connectivity index (χ0v) is 11.4. The molecule has 16 heavy (non-hydrogen) atoms. The summed E-state index contributed by atoms with van der Waals surface area (Å²) in [7, 11) is 6.63. The second-order valence-electron chi connectivity index (χ2n) is 6.43. The molecule has 2 saturated heterocycles. The number of rotatable bonds is 3. The molecule has 0 aromatic rings. The Morgan fingerprint density at radius 1 is 1.19 bits per heavy atom. The highest BCUT2D eigenvalue weighted by atomic mass is 15.3. The van der Waals surface area contributed by atoms with Crippen LogP contribution < -0.4 is 0 Å². The average molecular weight is 225 g/mol. The highest BCUT2D eigenvalue weighted by Gasteiger charge is 2.36. The zero-order chi connectivity index (χ0) is 11.8. The largest absolute Gasteiger partial charge is 0.306 e. The SMILES string of the molecule is CN1CCC(C)(CN2CC(N(C)C)C2)CC1. The molecule has 2 rings (SSSR count). The van der Waals surface area contributed by atoms with Gasteiger partial charge in [0.1, 0.15) is 0 Å². The molecular weight excluding hydrogens is 198 g/mol. The zero-order valence-electron chi connectivity index (χ0n) is 11.4. The first kappa shape index (κ1) is 12.3. The molecule has 0 aromatic carbocycles. The van der Waals surface area contributed by atoms with Crippen LogP contribution in [0.5, 0.6) is 0 Å². The minimum Gasteiger partial charge on any atom is -0.306 e. The van der Waals surface area contributed by atoms with E-state index < -0.39 is 0 Å². The van der Waals surface area contributed by atoms with E-state index in [1.54, 1.807) is 0 Å². The van der Waals surface area contributed by atoms with Gasteiger partial charge in [-0.15, -0.1) is 0 Å². The van der Waals surface area contributed by atoms with Gasteiger partial charge in [-0.1, -0.05) is 6.92 Å². The molecule has 0 unspecified atom stereocenters. The summed E-state index contributed by atoms with van der Waals surface area (Å²) in [4.78, 5) is 7.45. The Bertz CT molecular complexity index is 225. The number of nitrogens with zero attached hydrogens (tertiary/aromatic N) is 3. The minimum absolute atomic E-state index is 0.573. The van der Waals surface area contributed by atoms with Crippen molar-refractivity contribution in [2.24, 2.45) is 5.41 Å². The van der Waals surface area contributed by atoms with Crippen molar-refractivity contribution in [1.82, 2.24) is 14.7 Å². The Hall–Kier alpha value is -0.120. The Labute approximate surface area is 100 Å². The summed E-state index contributed by atoms with van der Waals surface area (Å²) in [6, 6.07) is 0.801. The number of hydrogen-bond acceptors (Lipinski definition) is 3. The Balaban J connectivity index is 1.74. The van der Waals surface area contributed by atoms with Crippen molar-refractivity contribution in [3.63, 3.8) is 0 Å². The van der Waals surface area contributed by atoms with Crippen molar-refractivity contribution in [3.05, 3.63) is 0 Å². The highest BCUT2D eigenvalue weighted by Crippen LogP contribution is 2.32. The number of hydrogen-bond donors (Lipinski definition) is 0. The van der Waals surface area contributed by atoms with Gasteiger partial charge in [0.15, 0.2) is 0 Å². The van der Waals surface area contributed by atoms with Gasteiger partial charge >= 0.3 is 0 Å². The molecule has 3 nitrogen and oxygen atoms in total. The van der Waals surface area contributed by atoms with E-state index >= 15 is 0 Å². The molecule has 0 amide bonds. The molecule has 0 saturated carbocycles. The van der Waals surface area contributed by atoms with Crippen molar-refractivity contribution in [3.8, 4) is 0 Å². The van der Waals surface area contributed by atoms with Gasteiger partial charge < -0.3 is 9.80 Å². The third-order valence-electron chi connectivity index (χ3n) is 4.47. The van der Waals surface area contributed by atoms with E-state index in [0.29, 0.717) is 5.41 Å². The molecule has 0 N–H and O–H groups in total. The molecule has 0 radical (unpaired) electrons. The highest BCUT2D eigenvalue weighted by molar-refractivity contribution is 4.91. The van der Waals surface area contributed by atoms with Crippen LogP contribution in [-0.4, -0.2) is 74.6 Å². The summed E-state index contributed by atoms with van der Waals surface area (Å²) in [5.41, 5.74) is 0.573. The Morgan fingerprint density at radius 3 is 2.25 bits per heavy atom. The van der Waals surface area contributed by atoms with Crippen molar-refractivity contribution < 1.29 is 0 Å². The predicted molar refractivity (Wildman–Crippen MR) is 68.8 cm³/mol. The molecule has 0 atom stereocenters. The molecular formula is C13H27N3. The predicted octanol–water partition coefficient (Wildman–Crippen LogP) is 0.964. The van der Waals surface area contributed by atoms with Gasteiger partial charge in [0, 0.05) is 25.7 Å². The van der Waals surface area contributed by atoms with Crippen molar-refractivity contribution >= 4 is 0 Å². The summed E-state index contributed by atoms with van der Waals surface area (Å²) in [6.07, 6.45) is 2.74. The van der Waals surface area contributed by atoms with Gasteiger partial charge in [-0.2, -0.15) is 0 Å². The van der Waals surface area contributed by atoms with Crippen LogP contribution in [0, 0.1) is 5.41 Å². The topological polar surface area (TPSA) is 9.72 Å².